The highest BCUT2D eigenvalue weighted by Gasteiger charge is 2.21. The molecule has 1 atom stereocenters. The molecule has 2 aliphatic heterocycles. The summed E-state index contributed by atoms with van der Waals surface area (Å²) in [6.45, 7) is 7.95. The van der Waals surface area contributed by atoms with E-state index in [4.69, 9.17) is 0 Å². The fourth-order valence-electron chi connectivity index (χ4n) is 3.21. The Labute approximate surface area is 141 Å². The number of piperidine rings is 1. The van der Waals surface area contributed by atoms with E-state index in [-0.39, 0.29) is 30.7 Å². The van der Waals surface area contributed by atoms with Gasteiger partial charge in [0.2, 0.25) is 5.91 Å². The van der Waals surface area contributed by atoms with Gasteiger partial charge in [0.25, 0.3) is 0 Å². The van der Waals surface area contributed by atoms with Crippen molar-refractivity contribution in [3.8, 4) is 0 Å². The van der Waals surface area contributed by atoms with E-state index in [1.165, 1.54) is 19.4 Å². The molecule has 6 heteroatoms. The molecule has 0 radical (unpaired) electrons. The fraction of sp³-hybridized carbons (Fsp3) is 0.933. The molecule has 4 nitrogen and oxygen atoms in total. The normalized spacial score (nSPS) is 23.2. The molecule has 0 aliphatic carbocycles. The van der Waals surface area contributed by atoms with Gasteiger partial charge in [-0.2, -0.15) is 0 Å². The van der Waals surface area contributed by atoms with Gasteiger partial charge in [-0.05, 0) is 57.7 Å². The zero-order chi connectivity index (χ0) is 13.5. The van der Waals surface area contributed by atoms with Crippen LogP contribution in [0.2, 0.25) is 0 Å². The number of amides is 1. The molecule has 2 saturated heterocycles. The lowest BCUT2D eigenvalue weighted by molar-refractivity contribution is -0.122. The van der Waals surface area contributed by atoms with Crippen molar-refractivity contribution >= 4 is 30.7 Å². The van der Waals surface area contributed by atoms with Crippen molar-refractivity contribution in [3.05, 3.63) is 0 Å². The Morgan fingerprint density at radius 3 is 2.52 bits per heavy atom. The lowest BCUT2D eigenvalue weighted by Crippen LogP contribution is -2.44. The summed E-state index contributed by atoms with van der Waals surface area (Å²) in [5.41, 5.74) is 0. The Bertz CT molecular complexity index is 278. The molecule has 2 rings (SSSR count). The Kier molecular flexibility index (Phi) is 11.5. The largest absolute Gasteiger partial charge is 0.353 e. The molecule has 0 spiro atoms. The predicted octanol–water partition coefficient (Wildman–Crippen LogP) is 2.21. The van der Waals surface area contributed by atoms with Gasteiger partial charge in [-0.15, -0.1) is 24.8 Å². The number of rotatable bonds is 6. The van der Waals surface area contributed by atoms with Gasteiger partial charge in [0.05, 0.1) is 0 Å². The summed E-state index contributed by atoms with van der Waals surface area (Å²) in [5, 5.41) is 6.58. The number of likely N-dealkylation sites (tertiary alicyclic amines) is 1. The molecule has 1 amide bonds. The van der Waals surface area contributed by atoms with Crippen LogP contribution in [0, 0.1) is 5.92 Å². The third-order valence-electron chi connectivity index (χ3n) is 4.43. The lowest BCUT2D eigenvalue weighted by Gasteiger charge is -2.32. The number of halogens is 2. The monoisotopic (exact) mass is 339 g/mol. The van der Waals surface area contributed by atoms with E-state index in [0.717, 1.165) is 51.4 Å². The first-order valence-corrected chi connectivity index (χ1v) is 8.00. The van der Waals surface area contributed by atoms with Crippen molar-refractivity contribution < 1.29 is 4.79 Å². The van der Waals surface area contributed by atoms with E-state index in [2.05, 4.69) is 22.5 Å². The van der Waals surface area contributed by atoms with Crippen LogP contribution in [-0.2, 0) is 4.79 Å². The maximum Gasteiger partial charge on any atom is 0.220 e. The highest BCUT2D eigenvalue weighted by Crippen LogP contribution is 2.15. The van der Waals surface area contributed by atoms with Gasteiger partial charge < -0.3 is 15.5 Å². The molecular formula is C15H31Cl2N3O. The summed E-state index contributed by atoms with van der Waals surface area (Å²) in [4.78, 5) is 14.4. The van der Waals surface area contributed by atoms with Crippen LogP contribution >= 0.6 is 24.8 Å². The third-order valence-corrected chi connectivity index (χ3v) is 4.43. The Morgan fingerprint density at radius 1 is 1.24 bits per heavy atom. The van der Waals surface area contributed by atoms with Crippen molar-refractivity contribution in [1.82, 2.24) is 15.5 Å². The molecule has 1 unspecified atom stereocenters. The summed E-state index contributed by atoms with van der Waals surface area (Å²) in [5.74, 6) is 0.984. The molecule has 126 valence electrons. The van der Waals surface area contributed by atoms with Crippen LogP contribution in [0.3, 0.4) is 0 Å². The number of hydrogen-bond donors (Lipinski definition) is 2. The van der Waals surface area contributed by atoms with Gasteiger partial charge in [-0.3, -0.25) is 4.79 Å². The molecule has 2 heterocycles. The average molecular weight is 340 g/mol. The molecule has 2 fully saturated rings. The first-order chi connectivity index (χ1) is 9.28. The predicted molar refractivity (Wildman–Crippen MR) is 92.6 cm³/mol. The van der Waals surface area contributed by atoms with Crippen molar-refractivity contribution in [2.45, 2.75) is 51.5 Å². The minimum atomic E-state index is 0. The zero-order valence-corrected chi connectivity index (χ0v) is 14.7. The number of nitrogens with zero attached hydrogens (tertiary/aromatic N) is 1. The van der Waals surface area contributed by atoms with Gasteiger partial charge in [-0.1, -0.05) is 6.92 Å². The summed E-state index contributed by atoms with van der Waals surface area (Å²) in [6, 6.07) is 0.419. The van der Waals surface area contributed by atoms with E-state index in [1.807, 2.05) is 0 Å². The lowest BCUT2D eigenvalue weighted by atomic mass is 10.0. The van der Waals surface area contributed by atoms with Crippen LogP contribution in [0.4, 0.5) is 0 Å². The second kappa shape index (κ2) is 11.5. The maximum absolute atomic E-state index is 11.9. The summed E-state index contributed by atoms with van der Waals surface area (Å²) >= 11 is 0. The molecule has 0 aromatic carbocycles. The molecule has 0 bridgehead atoms. The first-order valence-electron chi connectivity index (χ1n) is 8.00. The first kappa shape index (κ1) is 21.0. The number of carbonyl (C=O) groups excluding carboxylic acids is 1. The van der Waals surface area contributed by atoms with Crippen molar-refractivity contribution in [2.75, 3.05) is 32.7 Å². The van der Waals surface area contributed by atoms with Gasteiger partial charge in [0.15, 0.2) is 0 Å². The summed E-state index contributed by atoms with van der Waals surface area (Å²) in [7, 11) is 0. The van der Waals surface area contributed by atoms with E-state index in [9.17, 15) is 4.79 Å². The van der Waals surface area contributed by atoms with Crippen LogP contribution in [0.1, 0.15) is 45.4 Å². The van der Waals surface area contributed by atoms with E-state index >= 15 is 0 Å². The van der Waals surface area contributed by atoms with Gasteiger partial charge >= 0.3 is 0 Å². The SMILES string of the molecule is CCCN1CCC(NC(=O)CCC2CCNC2)CC1.Cl.Cl. The highest BCUT2D eigenvalue weighted by atomic mass is 35.5. The Hall–Kier alpha value is -0.0300. The Balaban J connectivity index is 0.00000200. The minimum absolute atomic E-state index is 0. The summed E-state index contributed by atoms with van der Waals surface area (Å²) < 4.78 is 0. The van der Waals surface area contributed by atoms with E-state index < -0.39 is 0 Å². The molecule has 0 aromatic rings. The molecule has 0 saturated carbocycles. The number of nitrogens with one attached hydrogen (secondary N) is 2. The third kappa shape index (κ3) is 7.68. The molecule has 21 heavy (non-hydrogen) atoms. The number of carbonyl (C=O) groups is 1. The van der Waals surface area contributed by atoms with Crippen molar-refractivity contribution in [2.24, 2.45) is 5.92 Å². The van der Waals surface area contributed by atoms with Crippen LogP contribution in [-0.4, -0.2) is 49.6 Å². The van der Waals surface area contributed by atoms with Crippen LogP contribution in [0.15, 0.2) is 0 Å². The fourth-order valence-corrected chi connectivity index (χ4v) is 3.21. The molecule has 0 aromatic heterocycles. The maximum atomic E-state index is 11.9. The molecule has 2 aliphatic rings. The minimum Gasteiger partial charge on any atom is -0.353 e. The van der Waals surface area contributed by atoms with Crippen LogP contribution in [0.5, 0.6) is 0 Å². The topological polar surface area (TPSA) is 44.4 Å². The smallest absolute Gasteiger partial charge is 0.220 e. The van der Waals surface area contributed by atoms with E-state index in [0.29, 0.717) is 12.5 Å². The second-order valence-corrected chi connectivity index (χ2v) is 6.08. The standard InChI is InChI=1S/C15H29N3O.2ClH/c1-2-9-18-10-6-14(7-11-18)17-15(19)4-3-13-5-8-16-12-13;;/h13-14,16H,2-12H2,1H3,(H,17,19);2*1H. The van der Waals surface area contributed by atoms with Gasteiger partial charge in [-0.25, -0.2) is 0 Å². The van der Waals surface area contributed by atoms with Crippen molar-refractivity contribution in [3.63, 3.8) is 0 Å². The average Bonchev–Trinajstić information content (AvgIpc) is 2.92. The molecular weight excluding hydrogens is 309 g/mol. The number of hydrogen-bond acceptors (Lipinski definition) is 3. The van der Waals surface area contributed by atoms with Crippen LogP contribution < -0.4 is 10.6 Å². The van der Waals surface area contributed by atoms with Gasteiger partial charge in [0.1, 0.15) is 0 Å². The van der Waals surface area contributed by atoms with Gasteiger partial charge in [0, 0.05) is 25.6 Å². The quantitative estimate of drug-likeness (QED) is 0.779. The molecule has 2 N–H and O–H groups in total. The second-order valence-electron chi connectivity index (χ2n) is 6.08. The van der Waals surface area contributed by atoms with E-state index in [1.54, 1.807) is 0 Å². The zero-order valence-electron chi connectivity index (χ0n) is 13.1. The van der Waals surface area contributed by atoms with Crippen molar-refractivity contribution in [1.29, 1.82) is 0 Å². The van der Waals surface area contributed by atoms with Crippen LogP contribution in [0.25, 0.3) is 0 Å². The Morgan fingerprint density at radius 2 is 1.95 bits per heavy atom. The highest BCUT2D eigenvalue weighted by molar-refractivity contribution is 5.85. The summed E-state index contributed by atoms with van der Waals surface area (Å²) in [6.07, 6.45) is 6.47.